The molecular formula is C18H23F2NO2. The number of hydrogen-bond donors (Lipinski definition) is 1. The number of hydrogen-bond acceptors (Lipinski definition) is 2. The van der Waals surface area contributed by atoms with Crippen LogP contribution in [0.25, 0.3) is 0 Å². The van der Waals surface area contributed by atoms with Crippen LogP contribution in [0.5, 0.6) is 5.75 Å². The zero-order valence-corrected chi connectivity index (χ0v) is 13.2. The van der Waals surface area contributed by atoms with Crippen LogP contribution >= 0.6 is 0 Å². The van der Waals surface area contributed by atoms with Crippen LogP contribution in [-0.4, -0.2) is 34.9 Å². The van der Waals surface area contributed by atoms with Gasteiger partial charge in [0.25, 0.3) is 11.8 Å². The quantitative estimate of drug-likeness (QED) is 0.881. The van der Waals surface area contributed by atoms with Gasteiger partial charge in [-0.05, 0) is 42.9 Å². The lowest BCUT2D eigenvalue weighted by Gasteiger charge is -2.32. The summed E-state index contributed by atoms with van der Waals surface area (Å²) in [6, 6.07) is 4.90. The van der Waals surface area contributed by atoms with Crippen LogP contribution in [0.2, 0.25) is 0 Å². The van der Waals surface area contributed by atoms with E-state index in [4.69, 9.17) is 0 Å². The largest absolute Gasteiger partial charge is 0.508 e. The maximum Gasteiger partial charge on any atom is 0.265 e. The summed E-state index contributed by atoms with van der Waals surface area (Å²) in [5, 5.41) is 10.3. The lowest BCUT2D eigenvalue weighted by atomic mass is 9.83. The predicted octanol–water partition coefficient (Wildman–Crippen LogP) is 4.31. The minimum Gasteiger partial charge on any atom is -0.508 e. The first-order chi connectivity index (χ1) is 11.0. The Balaban J connectivity index is 1.75. The van der Waals surface area contributed by atoms with Gasteiger partial charge in [-0.25, -0.2) is 8.78 Å². The van der Waals surface area contributed by atoms with Gasteiger partial charge in [0.2, 0.25) is 0 Å². The maximum atomic E-state index is 13.5. The number of benzene rings is 1. The molecule has 0 aromatic heterocycles. The highest BCUT2D eigenvalue weighted by molar-refractivity contribution is 5.94. The SMILES string of the molecule is O=C(c1ccc(C2CCCCC2)c(O)c1)N1CCCC(F)(F)C1. The molecule has 3 rings (SSSR count). The molecule has 0 spiro atoms. The average Bonchev–Trinajstić information content (AvgIpc) is 2.54. The number of carbonyl (C=O) groups is 1. The van der Waals surface area contributed by atoms with Gasteiger partial charge in [0.15, 0.2) is 0 Å². The van der Waals surface area contributed by atoms with E-state index in [-0.39, 0.29) is 12.2 Å². The molecular weight excluding hydrogens is 300 g/mol. The van der Waals surface area contributed by atoms with Crippen LogP contribution in [0.15, 0.2) is 18.2 Å². The number of phenols is 1. The van der Waals surface area contributed by atoms with Gasteiger partial charge in [0.05, 0.1) is 6.54 Å². The Kier molecular flexibility index (Phi) is 4.55. The molecule has 1 aliphatic heterocycles. The molecule has 0 unspecified atom stereocenters. The molecule has 126 valence electrons. The second kappa shape index (κ2) is 6.46. The highest BCUT2D eigenvalue weighted by atomic mass is 19.3. The Labute approximate surface area is 135 Å². The van der Waals surface area contributed by atoms with Crippen LogP contribution in [-0.2, 0) is 0 Å². The second-order valence-electron chi connectivity index (χ2n) is 6.79. The van der Waals surface area contributed by atoms with Crippen molar-refractivity contribution >= 4 is 5.91 Å². The van der Waals surface area contributed by atoms with Gasteiger partial charge in [0, 0.05) is 18.5 Å². The van der Waals surface area contributed by atoms with E-state index < -0.39 is 18.4 Å². The smallest absolute Gasteiger partial charge is 0.265 e. The van der Waals surface area contributed by atoms with E-state index in [2.05, 4.69) is 0 Å². The summed E-state index contributed by atoms with van der Waals surface area (Å²) in [5.41, 5.74) is 1.17. The number of halogens is 2. The number of phenolic OH excluding ortho intramolecular Hbond substituents is 1. The maximum absolute atomic E-state index is 13.5. The second-order valence-corrected chi connectivity index (χ2v) is 6.79. The first-order valence-corrected chi connectivity index (χ1v) is 8.46. The molecule has 0 atom stereocenters. The number of alkyl halides is 2. The van der Waals surface area contributed by atoms with Gasteiger partial charge in [0.1, 0.15) is 5.75 Å². The minimum atomic E-state index is -2.81. The average molecular weight is 323 g/mol. The summed E-state index contributed by atoms with van der Waals surface area (Å²) in [7, 11) is 0. The molecule has 23 heavy (non-hydrogen) atoms. The van der Waals surface area contributed by atoms with E-state index in [1.54, 1.807) is 12.1 Å². The van der Waals surface area contributed by atoms with Crippen molar-refractivity contribution in [3.8, 4) is 5.75 Å². The normalized spacial score (nSPS) is 22.1. The molecule has 1 aromatic rings. The van der Waals surface area contributed by atoms with Crippen LogP contribution < -0.4 is 0 Å². The number of piperidine rings is 1. The number of rotatable bonds is 2. The Morgan fingerprint density at radius 3 is 2.57 bits per heavy atom. The third kappa shape index (κ3) is 3.65. The van der Waals surface area contributed by atoms with Crippen LogP contribution in [0.3, 0.4) is 0 Å². The number of likely N-dealkylation sites (tertiary alicyclic amines) is 1. The molecule has 1 N–H and O–H groups in total. The molecule has 1 amide bonds. The fourth-order valence-corrected chi connectivity index (χ4v) is 3.76. The monoisotopic (exact) mass is 323 g/mol. The lowest BCUT2D eigenvalue weighted by molar-refractivity contribution is -0.0560. The van der Waals surface area contributed by atoms with Crippen molar-refractivity contribution < 1.29 is 18.7 Å². The topological polar surface area (TPSA) is 40.5 Å². The highest BCUT2D eigenvalue weighted by Crippen LogP contribution is 2.37. The van der Waals surface area contributed by atoms with E-state index in [0.29, 0.717) is 24.4 Å². The fourth-order valence-electron chi connectivity index (χ4n) is 3.76. The van der Waals surface area contributed by atoms with Crippen LogP contribution in [0, 0.1) is 0 Å². The number of aromatic hydroxyl groups is 1. The standard InChI is InChI=1S/C18H23F2NO2/c19-18(20)9-4-10-21(12-18)17(23)14-7-8-15(16(22)11-14)13-5-2-1-3-6-13/h7-8,11,13,22H,1-6,9-10,12H2. The summed E-state index contributed by atoms with van der Waals surface area (Å²) in [6.45, 7) is -0.184. The molecule has 3 nitrogen and oxygen atoms in total. The fraction of sp³-hybridized carbons (Fsp3) is 0.611. The van der Waals surface area contributed by atoms with Crippen molar-refractivity contribution in [1.82, 2.24) is 4.90 Å². The molecule has 1 aromatic carbocycles. The van der Waals surface area contributed by atoms with Gasteiger partial charge < -0.3 is 10.0 Å². The van der Waals surface area contributed by atoms with Gasteiger partial charge >= 0.3 is 0 Å². The Morgan fingerprint density at radius 1 is 1.17 bits per heavy atom. The van der Waals surface area contributed by atoms with E-state index in [9.17, 15) is 18.7 Å². The van der Waals surface area contributed by atoms with E-state index >= 15 is 0 Å². The third-order valence-electron chi connectivity index (χ3n) is 5.00. The van der Waals surface area contributed by atoms with E-state index in [0.717, 1.165) is 31.2 Å². The van der Waals surface area contributed by atoms with Gasteiger partial charge in [-0.2, -0.15) is 0 Å². The molecule has 2 fully saturated rings. The van der Waals surface area contributed by atoms with Crippen LogP contribution in [0.4, 0.5) is 8.78 Å². The molecule has 2 aliphatic rings. The highest BCUT2D eigenvalue weighted by Gasteiger charge is 2.37. The molecule has 0 radical (unpaired) electrons. The number of amides is 1. The summed E-state index contributed by atoms with van der Waals surface area (Å²) in [5.74, 6) is -2.77. The molecule has 1 saturated heterocycles. The number of nitrogens with zero attached hydrogens (tertiary/aromatic N) is 1. The lowest BCUT2D eigenvalue weighted by Crippen LogP contribution is -2.45. The Morgan fingerprint density at radius 2 is 1.91 bits per heavy atom. The first kappa shape index (κ1) is 16.2. The van der Waals surface area contributed by atoms with Crippen molar-refractivity contribution in [3.05, 3.63) is 29.3 Å². The first-order valence-electron chi connectivity index (χ1n) is 8.46. The molecule has 1 heterocycles. The van der Waals surface area contributed by atoms with Gasteiger partial charge in [-0.1, -0.05) is 25.3 Å². The van der Waals surface area contributed by atoms with E-state index in [1.807, 2.05) is 0 Å². The van der Waals surface area contributed by atoms with Crippen molar-refractivity contribution in [2.75, 3.05) is 13.1 Å². The summed E-state index contributed by atoms with van der Waals surface area (Å²) in [4.78, 5) is 13.6. The molecule has 1 aliphatic carbocycles. The van der Waals surface area contributed by atoms with Crippen molar-refractivity contribution in [1.29, 1.82) is 0 Å². The van der Waals surface area contributed by atoms with Crippen molar-refractivity contribution in [2.45, 2.75) is 56.8 Å². The van der Waals surface area contributed by atoms with Crippen LogP contribution in [0.1, 0.15) is 66.8 Å². The third-order valence-corrected chi connectivity index (χ3v) is 5.00. The van der Waals surface area contributed by atoms with Crippen molar-refractivity contribution in [3.63, 3.8) is 0 Å². The molecule has 0 bridgehead atoms. The van der Waals surface area contributed by atoms with E-state index in [1.165, 1.54) is 17.4 Å². The minimum absolute atomic E-state index is 0.117. The number of carbonyl (C=O) groups excluding carboxylic acids is 1. The Bertz CT molecular complexity index is 582. The zero-order chi connectivity index (χ0) is 16.4. The summed E-state index contributed by atoms with van der Waals surface area (Å²) in [6.07, 6.45) is 5.81. The van der Waals surface area contributed by atoms with Gasteiger partial charge in [-0.3, -0.25) is 4.79 Å². The zero-order valence-electron chi connectivity index (χ0n) is 13.2. The molecule has 1 saturated carbocycles. The van der Waals surface area contributed by atoms with Crippen molar-refractivity contribution in [2.24, 2.45) is 0 Å². The summed E-state index contributed by atoms with van der Waals surface area (Å²) >= 11 is 0. The Hall–Kier alpha value is -1.65. The molecule has 5 heteroatoms. The summed E-state index contributed by atoms with van der Waals surface area (Å²) < 4.78 is 26.9. The van der Waals surface area contributed by atoms with Gasteiger partial charge in [-0.15, -0.1) is 0 Å². The predicted molar refractivity (Wildman–Crippen MR) is 84.0 cm³/mol.